The zero-order valence-corrected chi connectivity index (χ0v) is 19.1. The van der Waals surface area contributed by atoms with Crippen LogP contribution in [0.4, 0.5) is 5.69 Å². The van der Waals surface area contributed by atoms with Crippen LogP contribution in [0.15, 0.2) is 66.2 Å². The number of amides is 1. The number of carbonyl (C=O) groups excluding carboxylic acids is 1. The lowest BCUT2D eigenvalue weighted by atomic mass is 10.1. The Hall–Kier alpha value is -3.17. The molecule has 0 aliphatic heterocycles. The number of anilines is 1. The predicted molar refractivity (Wildman–Crippen MR) is 127 cm³/mol. The summed E-state index contributed by atoms with van der Waals surface area (Å²) >= 11 is 18.2. The van der Waals surface area contributed by atoms with Crippen LogP contribution in [-0.4, -0.2) is 13.0 Å². The Kier molecular flexibility index (Phi) is 8.02. The van der Waals surface area contributed by atoms with Crippen molar-refractivity contribution in [2.75, 3.05) is 12.4 Å². The van der Waals surface area contributed by atoms with Crippen molar-refractivity contribution in [2.45, 2.75) is 6.61 Å². The van der Waals surface area contributed by atoms with Crippen molar-refractivity contribution in [2.24, 2.45) is 0 Å². The van der Waals surface area contributed by atoms with Crippen LogP contribution in [0.25, 0.3) is 6.08 Å². The first kappa shape index (κ1) is 23.5. The van der Waals surface area contributed by atoms with E-state index in [9.17, 15) is 10.1 Å². The van der Waals surface area contributed by atoms with Crippen LogP contribution in [0.5, 0.6) is 11.5 Å². The Morgan fingerprint density at radius 1 is 1.03 bits per heavy atom. The largest absolute Gasteiger partial charge is 0.493 e. The van der Waals surface area contributed by atoms with E-state index in [0.717, 1.165) is 5.56 Å². The molecule has 0 heterocycles. The van der Waals surface area contributed by atoms with Gasteiger partial charge in [0.25, 0.3) is 5.91 Å². The molecule has 0 saturated carbocycles. The van der Waals surface area contributed by atoms with Crippen LogP contribution >= 0.6 is 34.8 Å². The van der Waals surface area contributed by atoms with Crippen molar-refractivity contribution >= 4 is 52.5 Å². The normalized spacial score (nSPS) is 10.9. The number of carbonyl (C=O) groups is 1. The summed E-state index contributed by atoms with van der Waals surface area (Å²) in [4.78, 5) is 12.6. The smallest absolute Gasteiger partial charge is 0.266 e. The van der Waals surface area contributed by atoms with Gasteiger partial charge in [0.15, 0.2) is 11.5 Å². The first-order chi connectivity index (χ1) is 15.4. The van der Waals surface area contributed by atoms with Gasteiger partial charge < -0.3 is 14.8 Å². The van der Waals surface area contributed by atoms with Crippen molar-refractivity contribution < 1.29 is 14.3 Å². The molecule has 0 atom stereocenters. The Labute approximate surface area is 200 Å². The van der Waals surface area contributed by atoms with Crippen molar-refractivity contribution in [1.29, 1.82) is 5.26 Å². The minimum absolute atomic E-state index is 0.118. The topological polar surface area (TPSA) is 71.3 Å². The molecule has 0 bridgehead atoms. The summed E-state index contributed by atoms with van der Waals surface area (Å²) in [5.74, 6) is 0.328. The highest BCUT2D eigenvalue weighted by atomic mass is 35.5. The molecule has 8 heteroatoms. The van der Waals surface area contributed by atoms with Gasteiger partial charge in [-0.1, -0.05) is 65.1 Å². The minimum atomic E-state index is -0.616. The molecule has 0 spiro atoms. The number of nitrogens with one attached hydrogen (secondary N) is 1. The SMILES string of the molecule is COc1cc(/C=C(/C#N)C(=O)Nc2cccc(Cl)c2Cl)ccc1OCc1ccccc1Cl. The molecule has 1 amide bonds. The van der Waals surface area contributed by atoms with E-state index in [0.29, 0.717) is 32.8 Å². The molecule has 32 heavy (non-hydrogen) atoms. The van der Waals surface area contributed by atoms with Gasteiger partial charge in [-0.2, -0.15) is 5.26 Å². The maximum Gasteiger partial charge on any atom is 0.266 e. The molecule has 3 rings (SSSR count). The van der Waals surface area contributed by atoms with Gasteiger partial charge >= 0.3 is 0 Å². The first-order valence-electron chi connectivity index (χ1n) is 9.34. The van der Waals surface area contributed by atoms with Crippen LogP contribution < -0.4 is 14.8 Å². The number of nitriles is 1. The van der Waals surface area contributed by atoms with E-state index in [-0.39, 0.29) is 17.2 Å². The molecule has 0 fully saturated rings. The van der Waals surface area contributed by atoms with E-state index in [1.165, 1.54) is 13.2 Å². The summed E-state index contributed by atoms with van der Waals surface area (Å²) in [6.07, 6.45) is 1.44. The molecule has 5 nitrogen and oxygen atoms in total. The van der Waals surface area contributed by atoms with E-state index < -0.39 is 5.91 Å². The lowest BCUT2D eigenvalue weighted by Crippen LogP contribution is -2.13. The second-order valence-electron chi connectivity index (χ2n) is 6.52. The molecule has 3 aromatic carbocycles. The third-order valence-electron chi connectivity index (χ3n) is 4.40. The number of ether oxygens (including phenoxy) is 2. The second-order valence-corrected chi connectivity index (χ2v) is 7.71. The second kappa shape index (κ2) is 10.9. The average molecular weight is 488 g/mol. The number of hydrogen-bond donors (Lipinski definition) is 1. The zero-order valence-electron chi connectivity index (χ0n) is 16.9. The maximum absolute atomic E-state index is 12.6. The fourth-order valence-corrected chi connectivity index (χ4v) is 3.31. The molecule has 3 aromatic rings. The van der Waals surface area contributed by atoms with Gasteiger partial charge in [0.1, 0.15) is 18.2 Å². The van der Waals surface area contributed by atoms with Gasteiger partial charge in [-0.05, 0) is 42.0 Å². The molecular formula is C24H17Cl3N2O3. The molecule has 162 valence electrons. The molecule has 0 aliphatic rings. The number of rotatable bonds is 7. The molecule has 0 radical (unpaired) electrons. The van der Waals surface area contributed by atoms with Gasteiger partial charge in [0.05, 0.1) is 22.8 Å². The monoisotopic (exact) mass is 486 g/mol. The number of hydrogen-bond acceptors (Lipinski definition) is 4. The summed E-state index contributed by atoms with van der Waals surface area (Å²) in [5.41, 5.74) is 1.61. The van der Waals surface area contributed by atoms with Gasteiger partial charge in [0.2, 0.25) is 0 Å². The molecular weight excluding hydrogens is 471 g/mol. The summed E-state index contributed by atoms with van der Waals surface area (Å²) in [5, 5.41) is 13.2. The molecule has 1 N–H and O–H groups in total. The highest BCUT2D eigenvalue weighted by molar-refractivity contribution is 6.44. The fraction of sp³-hybridized carbons (Fsp3) is 0.0833. The molecule has 0 aromatic heterocycles. The Bertz CT molecular complexity index is 1220. The van der Waals surface area contributed by atoms with Crippen molar-refractivity contribution in [3.63, 3.8) is 0 Å². The van der Waals surface area contributed by atoms with Gasteiger partial charge in [-0.3, -0.25) is 4.79 Å². The van der Waals surface area contributed by atoms with Crippen LogP contribution in [0.3, 0.4) is 0 Å². The third kappa shape index (κ3) is 5.74. The average Bonchev–Trinajstić information content (AvgIpc) is 2.80. The highest BCUT2D eigenvalue weighted by Gasteiger charge is 2.14. The third-order valence-corrected chi connectivity index (χ3v) is 5.59. The summed E-state index contributed by atoms with van der Waals surface area (Å²) in [6.45, 7) is 0.261. The van der Waals surface area contributed by atoms with E-state index in [1.807, 2.05) is 24.3 Å². The summed E-state index contributed by atoms with van der Waals surface area (Å²) in [7, 11) is 1.50. The van der Waals surface area contributed by atoms with Gasteiger partial charge in [-0.15, -0.1) is 0 Å². The van der Waals surface area contributed by atoms with E-state index >= 15 is 0 Å². The number of nitrogens with zero attached hydrogens (tertiary/aromatic N) is 1. The van der Waals surface area contributed by atoms with E-state index in [1.54, 1.807) is 42.5 Å². The van der Waals surface area contributed by atoms with Crippen LogP contribution in [-0.2, 0) is 11.4 Å². The van der Waals surface area contributed by atoms with E-state index in [2.05, 4.69) is 5.32 Å². The van der Waals surface area contributed by atoms with Crippen LogP contribution in [0.1, 0.15) is 11.1 Å². The number of benzene rings is 3. The highest BCUT2D eigenvalue weighted by Crippen LogP contribution is 2.31. The van der Waals surface area contributed by atoms with Gasteiger partial charge in [0, 0.05) is 10.6 Å². The number of methoxy groups -OCH3 is 1. The lowest BCUT2D eigenvalue weighted by Gasteiger charge is -2.12. The Balaban J connectivity index is 1.78. The van der Waals surface area contributed by atoms with Crippen LogP contribution in [0.2, 0.25) is 15.1 Å². The van der Waals surface area contributed by atoms with Crippen molar-refractivity contribution in [3.05, 3.63) is 92.4 Å². The fourth-order valence-electron chi connectivity index (χ4n) is 2.77. The van der Waals surface area contributed by atoms with Crippen molar-refractivity contribution in [3.8, 4) is 17.6 Å². The maximum atomic E-state index is 12.6. The molecule has 0 unspecified atom stereocenters. The zero-order chi connectivity index (χ0) is 23.1. The lowest BCUT2D eigenvalue weighted by molar-refractivity contribution is -0.112. The molecule has 0 saturated heterocycles. The summed E-state index contributed by atoms with van der Waals surface area (Å²) in [6, 6.07) is 19.2. The van der Waals surface area contributed by atoms with Gasteiger partial charge in [-0.25, -0.2) is 0 Å². The Morgan fingerprint density at radius 3 is 2.50 bits per heavy atom. The quantitative estimate of drug-likeness (QED) is 0.294. The molecule has 0 aliphatic carbocycles. The number of halogens is 3. The first-order valence-corrected chi connectivity index (χ1v) is 10.5. The van der Waals surface area contributed by atoms with E-state index in [4.69, 9.17) is 44.3 Å². The van der Waals surface area contributed by atoms with Crippen LogP contribution in [0, 0.1) is 11.3 Å². The standard InChI is InChI=1S/C24H17Cl3N2O3/c1-31-22-12-15(9-10-21(22)32-14-16-5-2-3-6-18(16)25)11-17(13-28)24(30)29-20-8-4-7-19(26)23(20)27/h2-12H,14H2,1H3,(H,29,30)/b17-11-. The summed E-state index contributed by atoms with van der Waals surface area (Å²) < 4.78 is 11.2. The minimum Gasteiger partial charge on any atom is -0.493 e. The predicted octanol–water partition coefficient (Wildman–Crippen LogP) is 6.78. The Morgan fingerprint density at radius 2 is 1.78 bits per heavy atom. The van der Waals surface area contributed by atoms with Crippen molar-refractivity contribution in [1.82, 2.24) is 0 Å².